The maximum atomic E-state index is 13.0. The molecule has 0 bridgehead atoms. The molecule has 9 heteroatoms. The van der Waals surface area contributed by atoms with Crippen molar-refractivity contribution >= 4 is 50.9 Å². The summed E-state index contributed by atoms with van der Waals surface area (Å²) in [5.74, 6) is 0.750. The average Bonchev–Trinajstić information content (AvgIpc) is 3.53. The van der Waals surface area contributed by atoms with E-state index in [0.717, 1.165) is 44.0 Å². The molecule has 0 saturated carbocycles. The summed E-state index contributed by atoms with van der Waals surface area (Å²) >= 11 is 3.15. The summed E-state index contributed by atoms with van der Waals surface area (Å²) in [6.07, 6.45) is 4.97. The summed E-state index contributed by atoms with van der Waals surface area (Å²) in [5.41, 5.74) is 5.49. The van der Waals surface area contributed by atoms with Crippen molar-refractivity contribution < 1.29 is 9.59 Å². The van der Waals surface area contributed by atoms with Crippen LogP contribution in [-0.4, -0.2) is 44.6 Å². The molecule has 0 fully saturated rings. The van der Waals surface area contributed by atoms with Gasteiger partial charge >= 0.3 is 0 Å². The average molecular weight is 530 g/mol. The van der Waals surface area contributed by atoms with E-state index in [9.17, 15) is 9.59 Å². The first-order valence-corrected chi connectivity index (χ1v) is 13.9. The predicted octanol–water partition coefficient (Wildman–Crippen LogP) is 6.54. The Labute approximate surface area is 223 Å². The van der Waals surface area contributed by atoms with Crippen LogP contribution < -0.4 is 5.32 Å². The molecule has 0 unspecified atom stereocenters. The van der Waals surface area contributed by atoms with Gasteiger partial charge in [-0.15, -0.1) is 22.7 Å². The molecule has 188 valence electrons. The number of ketones is 1. The molecule has 7 nitrogen and oxygen atoms in total. The quantitative estimate of drug-likeness (QED) is 0.273. The van der Waals surface area contributed by atoms with Gasteiger partial charge in [-0.1, -0.05) is 37.3 Å². The van der Waals surface area contributed by atoms with E-state index in [1.54, 1.807) is 29.7 Å². The number of pyridine rings is 1. The minimum atomic E-state index is -0.0363. The maximum absolute atomic E-state index is 13.0. The first kappa shape index (κ1) is 25.0. The number of hydrogen-bond acceptors (Lipinski definition) is 8. The van der Waals surface area contributed by atoms with Crippen molar-refractivity contribution in [2.24, 2.45) is 0 Å². The van der Waals surface area contributed by atoms with E-state index in [4.69, 9.17) is 0 Å². The minimum Gasteiger partial charge on any atom is -0.335 e. The van der Waals surface area contributed by atoms with E-state index >= 15 is 0 Å². The number of aryl methyl sites for hydroxylation is 2. The van der Waals surface area contributed by atoms with Crippen molar-refractivity contribution in [2.75, 3.05) is 18.4 Å². The van der Waals surface area contributed by atoms with Crippen LogP contribution in [0.2, 0.25) is 0 Å². The first-order valence-electron chi connectivity index (χ1n) is 12.2. The third-order valence-electron chi connectivity index (χ3n) is 6.28. The van der Waals surface area contributed by atoms with Gasteiger partial charge in [-0.3, -0.25) is 9.59 Å². The summed E-state index contributed by atoms with van der Waals surface area (Å²) < 4.78 is 0. The Morgan fingerprint density at radius 3 is 2.46 bits per heavy atom. The van der Waals surface area contributed by atoms with E-state index in [-0.39, 0.29) is 11.7 Å². The SMILES string of the molecule is CCC(=O)c1ccc(C2=CCN(C(=O)c3ccc(Nc4nc(-c5sc(C)nc5C)cs4)nc3)CC2)cc1. The fourth-order valence-corrected chi connectivity index (χ4v) is 5.94. The van der Waals surface area contributed by atoms with Gasteiger partial charge in [-0.2, -0.15) is 0 Å². The van der Waals surface area contributed by atoms with Gasteiger partial charge < -0.3 is 10.2 Å². The van der Waals surface area contributed by atoms with Gasteiger partial charge in [-0.25, -0.2) is 15.0 Å². The summed E-state index contributed by atoms with van der Waals surface area (Å²) in [6, 6.07) is 11.4. The smallest absolute Gasteiger partial charge is 0.255 e. The molecule has 1 aliphatic heterocycles. The lowest BCUT2D eigenvalue weighted by Gasteiger charge is -2.26. The van der Waals surface area contributed by atoms with Crippen LogP contribution in [0.4, 0.5) is 10.9 Å². The number of carbonyl (C=O) groups is 2. The number of hydrogen-bond donors (Lipinski definition) is 1. The number of nitrogens with one attached hydrogen (secondary N) is 1. The van der Waals surface area contributed by atoms with Gasteiger partial charge in [0.2, 0.25) is 0 Å². The van der Waals surface area contributed by atoms with E-state index in [0.29, 0.717) is 30.9 Å². The highest BCUT2D eigenvalue weighted by molar-refractivity contribution is 7.16. The number of Topliss-reactive ketones (excluding diaryl/α,β-unsaturated/α-hetero) is 1. The monoisotopic (exact) mass is 529 g/mol. The Morgan fingerprint density at radius 1 is 1.05 bits per heavy atom. The molecule has 1 N–H and O–H groups in total. The fourth-order valence-electron chi connectivity index (χ4n) is 4.28. The number of nitrogens with zero attached hydrogens (tertiary/aromatic N) is 4. The van der Waals surface area contributed by atoms with E-state index in [1.807, 2.05) is 55.3 Å². The zero-order valence-electron chi connectivity index (χ0n) is 20.9. The third kappa shape index (κ3) is 5.52. The largest absolute Gasteiger partial charge is 0.335 e. The Kier molecular flexibility index (Phi) is 7.25. The van der Waals surface area contributed by atoms with Gasteiger partial charge in [0.15, 0.2) is 10.9 Å². The maximum Gasteiger partial charge on any atom is 0.255 e. The zero-order chi connectivity index (χ0) is 25.9. The molecular formula is C28H27N5O2S2. The van der Waals surface area contributed by atoms with Crippen LogP contribution in [0.5, 0.6) is 0 Å². The van der Waals surface area contributed by atoms with Gasteiger partial charge in [0.05, 0.1) is 26.8 Å². The van der Waals surface area contributed by atoms with Gasteiger partial charge in [0.25, 0.3) is 5.91 Å². The Bertz CT molecular complexity index is 1470. The molecular weight excluding hydrogens is 502 g/mol. The molecule has 1 aromatic carbocycles. The van der Waals surface area contributed by atoms with Crippen molar-refractivity contribution in [2.45, 2.75) is 33.6 Å². The second kappa shape index (κ2) is 10.7. The number of benzene rings is 1. The Hall–Kier alpha value is -3.69. The van der Waals surface area contributed by atoms with Crippen LogP contribution in [0.1, 0.15) is 56.7 Å². The Morgan fingerprint density at radius 2 is 1.84 bits per heavy atom. The molecule has 1 amide bonds. The molecule has 5 rings (SSSR count). The number of carbonyl (C=O) groups excluding carboxylic acids is 2. The molecule has 0 aliphatic carbocycles. The van der Waals surface area contributed by atoms with Crippen molar-refractivity contribution in [1.29, 1.82) is 0 Å². The molecule has 0 atom stereocenters. The minimum absolute atomic E-state index is 0.0363. The molecule has 0 spiro atoms. The second-order valence-electron chi connectivity index (χ2n) is 8.83. The number of rotatable bonds is 7. The van der Waals surface area contributed by atoms with Crippen LogP contribution in [0.25, 0.3) is 16.1 Å². The molecule has 1 aliphatic rings. The Balaban J connectivity index is 1.20. The number of thiazole rings is 2. The van der Waals surface area contributed by atoms with Crippen molar-refractivity contribution in [1.82, 2.24) is 19.9 Å². The van der Waals surface area contributed by atoms with Crippen LogP contribution in [0.3, 0.4) is 0 Å². The summed E-state index contributed by atoms with van der Waals surface area (Å²) in [7, 11) is 0. The van der Waals surface area contributed by atoms with Gasteiger partial charge in [0.1, 0.15) is 5.82 Å². The highest BCUT2D eigenvalue weighted by Gasteiger charge is 2.20. The van der Waals surface area contributed by atoms with E-state index < -0.39 is 0 Å². The van der Waals surface area contributed by atoms with Crippen molar-refractivity contribution in [3.63, 3.8) is 0 Å². The fraction of sp³-hybridized carbons (Fsp3) is 0.250. The van der Waals surface area contributed by atoms with Crippen LogP contribution in [-0.2, 0) is 0 Å². The number of amides is 1. The van der Waals surface area contributed by atoms with Crippen molar-refractivity contribution in [3.05, 3.63) is 81.4 Å². The lowest BCUT2D eigenvalue weighted by Crippen LogP contribution is -2.34. The summed E-state index contributed by atoms with van der Waals surface area (Å²) in [4.78, 5) is 41.4. The lowest BCUT2D eigenvalue weighted by atomic mass is 9.97. The topological polar surface area (TPSA) is 88.1 Å². The van der Waals surface area contributed by atoms with Gasteiger partial charge in [0, 0.05) is 36.7 Å². The van der Waals surface area contributed by atoms with E-state index in [1.165, 1.54) is 16.9 Å². The molecule has 0 radical (unpaired) electrons. The zero-order valence-corrected chi connectivity index (χ0v) is 22.6. The number of anilines is 2. The van der Waals surface area contributed by atoms with Crippen LogP contribution >= 0.6 is 22.7 Å². The molecule has 4 heterocycles. The van der Waals surface area contributed by atoms with Crippen molar-refractivity contribution in [3.8, 4) is 10.6 Å². The molecule has 0 saturated heterocycles. The highest BCUT2D eigenvalue weighted by atomic mass is 32.1. The third-order valence-corrected chi connectivity index (χ3v) is 8.13. The lowest BCUT2D eigenvalue weighted by molar-refractivity contribution is 0.0772. The standard InChI is InChI=1S/C28H27N5O2S2/c1-4-24(34)21-7-5-19(6-8-21)20-11-13-33(14-12-20)27(35)22-9-10-25(29-15-22)32-28-31-23(16-36-28)26-17(2)30-18(3)37-26/h5-11,15-16H,4,12-14H2,1-3H3,(H,29,31,32). The number of aromatic nitrogens is 3. The predicted molar refractivity (Wildman–Crippen MR) is 150 cm³/mol. The first-order chi connectivity index (χ1) is 17.9. The molecule has 4 aromatic rings. The van der Waals surface area contributed by atoms with Crippen LogP contribution in [0.15, 0.2) is 54.1 Å². The normalized spacial score (nSPS) is 13.4. The summed E-state index contributed by atoms with van der Waals surface area (Å²) in [6.45, 7) is 7.04. The summed E-state index contributed by atoms with van der Waals surface area (Å²) in [5, 5.41) is 7.01. The van der Waals surface area contributed by atoms with Crippen LogP contribution in [0, 0.1) is 13.8 Å². The van der Waals surface area contributed by atoms with Gasteiger partial charge in [-0.05, 0) is 43.5 Å². The highest BCUT2D eigenvalue weighted by Crippen LogP contribution is 2.33. The molecule has 37 heavy (non-hydrogen) atoms. The molecule has 3 aromatic heterocycles. The van der Waals surface area contributed by atoms with E-state index in [2.05, 4.69) is 26.3 Å². The second-order valence-corrected chi connectivity index (χ2v) is 10.9.